The molecule has 4 rings (SSSR count). The molecule has 0 aliphatic carbocycles. The summed E-state index contributed by atoms with van der Waals surface area (Å²) < 4.78 is 11.8. The Morgan fingerprint density at radius 3 is 1.92 bits per heavy atom. The van der Waals surface area contributed by atoms with E-state index in [1.165, 1.54) is 5.56 Å². The quantitative estimate of drug-likeness (QED) is 0.229. The van der Waals surface area contributed by atoms with E-state index in [-0.39, 0.29) is 6.04 Å². The van der Waals surface area contributed by atoms with Gasteiger partial charge in [0.15, 0.2) is 0 Å². The molecule has 186 valence electrons. The second kappa shape index (κ2) is 13.5. The summed E-state index contributed by atoms with van der Waals surface area (Å²) in [6.45, 7) is 3.74. The van der Waals surface area contributed by atoms with E-state index in [0.29, 0.717) is 19.8 Å². The lowest BCUT2D eigenvalue weighted by Crippen LogP contribution is -2.30. The Balaban J connectivity index is 1.17. The molecule has 0 unspecified atom stereocenters. The Bertz CT molecular complexity index is 1160. The molecular formula is C32H35NO3. The maximum atomic E-state index is 10.7. The monoisotopic (exact) mass is 481 g/mol. The average Bonchev–Trinajstić information content (AvgIpc) is 2.94. The Labute approximate surface area is 214 Å². The van der Waals surface area contributed by atoms with Crippen molar-refractivity contribution in [1.29, 1.82) is 0 Å². The molecule has 36 heavy (non-hydrogen) atoms. The minimum atomic E-state index is -0.589. The molecule has 0 fully saturated rings. The number of hydrogen-bond acceptors (Lipinski definition) is 4. The Kier molecular flexibility index (Phi) is 9.54. The van der Waals surface area contributed by atoms with Crippen LogP contribution in [0.2, 0.25) is 0 Å². The first-order valence-electron chi connectivity index (χ1n) is 12.6. The van der Waals surface area contributed by atoms with Crippen LogP contribution < -0.4 is 14.8 Å². The van der Waals surface area contributed by atoms with Gasteiger partial charge in [0.05, 0.1) is 6.10 Å². The van der Waals surface area contributed by atoms with Gasteiger partial charge in [-0.3, -0.25) is 0 Å². The van der Waals surface area contributed by atoms with Crippen molar-refractivity contribution < 1.29 is 14.6 Å². The fourth-order valence-corrected chi connectivity index (χ4v) is 3.96. The number of benzene rings is 4. The van der Waals surface area contributed by atoms with Crippen molar-refractivity contribution in [1.82, 2.24) is 5.32 Å². The molecule has 0 radical (unpaired) electrons. The van der Waals surface area contributed by atoms with Crippen LogP contribution in [0.1, 0.15) is 41.7 Å². The zero-order valence-corrected chi connectivity index (χ0v) is 20.8. The lowest BCUT2D eigenvalue weighted by atomic mass is 10.0. The molecule has 0 saturated heterocycles. The smallest absolute Gasteiger partial charge is 0.120 e. The molecule has 0 spiro atoms. The molecule has 4 heteroatoms. The third-order valence-corrected chi connectivity index (χ3v) is 6.19. The Morgan fingerprint density at radius 2 is 1.28 bits per heavy atom. The minimum Gasteiger partial charge on any atom is -0.489 e. The van der Waals surface area contributed by atoms with Gasteiger partial charge in [0.25, 0.3) is 0 Å². The molecule has 0 aliphatic rings. The van der Waals surface area contributed by atoms with Gasteiger partial charge in [0, 0.05) is 12.6 Å². The zero-order valence-electron chi connectivity index (χ0n) is 20.8. The zero-order chi connectivity index (χ0) is 25.0. The maximum absolute atomic E-state index is 10.7. The summed E-state index contributed by atoms with van der Waals surface area (Å²) in [6.07, 6.45) is 1.36. The molecule has 2 atom stereocenters. The highest BCUT2D eigenvalue weighted by Crippen LogP contribution is 2.21. The van der Waals surface area contributed by atoms with Crippen LogP contribution in [0.25, 0.3) is 0 Å². The molecule has 4 aromatic rings. The van der Waals surface area contributed by atoms with E-state index < -0.39 is 6.10 Å². The number of aliphatic hydroxyl groups is 1. The van der Waals surface area contributed by atoms with Gasteiger partial charge in [-0.2, -0.15) is 0 Å². The summed E-state index contributed by atoms with van der Waals surface area (Å²) in [6, 6.07) is 36.6. The van der Waals surface area contributed by atoms with Crippen molar-refractivity contribution >= 4 is 0 Å². The van der Waals surface area contributed by atoms with Crippen molar-refractivity contribution in [2.24, 2.45) is 0 Å². The maximum Gasteiger partial charge on any atom is 0.120 e. The SMILES string of the molecule is C[C@H](CCc1ccc(OCc2ccccc2)cc1)NC[C@H](O)c1cccc(OCc2ccccc2)c1. The van der Waals surface area contributed by atoms with Gasteiger partial charge in [-0.05, 0) is 66.3 Å². The van der Waals surface area contributed by atoms with Crippen LogP contribution in [-0.2, 0) is 19.6 Å². The molecule has 0 aromatic heterocycles. The van der Waals surface area contributed by atoms with E-state index in [4.69, 9.17) is 9.47 Å². The average molecular weight is 482 g/mol. The van der Waals surface area contributed by atoms with Crippen molar-refractivity contribution in [3.8, 4) is 11.5 Å². The third-order valence-electron chi connectivity index (χ3n) is 6.19. The molecule has 0 bridgehead atoms. The first-order chi connectivity index (χ1) is 17.7. The summed E-state index contributed by atoms with van der Waals surface area (Å²) in [5, 5.41) is 14.2. The second-order valence-corrected chi connectivity index (χ2v) is 9.13. The number of ether oxygens (including phenoxy) is 2. The third kappa shape index (κ3) is 8.26. The topological polar surface area (TPSA) is 50.7 Å². The fraction of sp³-hybridized carbons (Fsp3) is 0.250. The number of rotatable bonds is 13. The Morgan fingerprint density at radius 1 is 0.667 bits per heavy atom. The first-order valence-corrected chi connectivity index (χ1v) is 12.6. The summed E-state index contributed by atoms with van der Waals surface area (Å²) in [7, 11) is 0. The van der Waals surface area contributed by atoms with Gasteiger partial charge in [-0.15, -0.1) is 0 Å². The molecule has 0 saturated carbocycles. The van der Waals surface area contributed by atoms with Crippen molar-refractivity contribution in [3.63, 3.8) is 0 Å². The molecule has 2 N–H and O–H groups in total. The summed E-state index contributed by atoms with van der Waals surface area (Å²) in [5.41, 5.74) is 4.41. The van der Waals surface area contributed by atoms with Gasteiger partial charge in [-0.25, -0.2) is 0 Å². The fourth-order valence-electron chi connectivity index (χ4n) is 3.96. The van der Waals surface area contributed by atoms with Crippen LogP contribution in [0.5, 0.6) is 11.5 Å². The van der Waals surface area contributed by atoms with E-state index >= 15 is 0 Å². The van der Waals surface area contributed by atoms with Gasteiger partial charge < -0.3 is 19.9 Å². The van der Waals surface area contributed by atoms with E-state index in [1.807, 2.05) is 84.9 Å². The highest BCUT2D eigenvalue weighted by atomic mass is 16.5. The number of nitrogens with one attached hydrogen (secondary N) is 1. The van der Waals surface area contributed by atoms with Gasteiger partial charge >= 0.3 is 0 Å². The molecule has 0 aliphatic heterocycles. The van der Waals surface area contributed by atoms with Crippen LogP contribution in [0.3, 0.4) is 0 Å². The molecular weight excluding hydrogens is 446 g/mol. The Hall–Kier alpha value is -3.60. The second-order valence-electron chi connectivity index (χ2n) is 9.13. The normalized spacial score (nSPS) is 12.6. The van der Waals surface area contributed by atoms with Gasteiger partial charge in [-0.1, -0.05) is 84.9 Å². The van der Waals surface area contributed by atoms with Crippen molar-refractivity contribution in [3.05, 3.63) is 131 Å². The van der Waals surface area contributed by atoms with E-state index in [9.17, 15) is 5.11 Å². The summed E-state index contributed by atoms with van der Waals surface area (Å²) in [4.78, 5) is 0. The van der Waals surface area contributed by atoms with E-state index in [2.05, 4.69) is 36.5 Å². The van der Waals surface area contributed by atoms with Gasteiger partial charge in [0.1, 0.15) is 24.7 Å². The highest BCUT2D eigenvalue weighted by Gasteiger charge is 2.11. The predicted octanol–water partition coefficient (Wildman–Crippen LogP) is 6.49. The first kappa shape index (κ1) is 25.5. The van der Waals surface area contributed by atoms with Crippen molar-refractivity contribution in [2.75, 3.05) is 6.54 Å². The van der Waals surface area contributed by atoms with Crippen LogP contribution in [0, 0.1) is 0 Å². The van der Waals surface area contributed by atoms with Crippen LogP contribution in [-0.4, -0.2) is 17.7 Å². The van der Waals surface area contributed by atoms with Crippen LogP contribution in [0.4, 0.5) is 0 Å². The minimum absolute atomic E-state index is 0.283. The van der Waals surface area contributed by atoms with Crippen LogP contribution >= 0.6 is 0 Å². The molecule has 0 heterocycles. The standard InChI is InChI=1S/C32H35NO3/c1-25(15-16-26-17-19-30(20-18-26)35-23-27-9-4-2-5-10-27)33-22-32(34)29-13-8-14-31(21-29)36-24-28-11-6-3-7-12-28/h2-14,17-21,25,32-34H,15-16,22-24H2,1H3/t25-,32+/m1/s1. The number of aryl methyl sites for hydroxylation is 1. The van der Waals surface area contributed by atoms with Gasteiger partial charge in [0.2, 0.25) is 0 Å². The largest absolute Gasteiger partial charge is 0.489 e. The number of hydrogen-bond donors (Lipinski definition) is 2. The summed E-state index contributed by atoms with van der Waals surface area (Å²) in [5.74, 6) is 1.64. The molecule has 0 amide bonds. The van der Waals surface area contributed by atoms with Crippen molar-refractivity contribution in [2.45, 2.75) is 45.1 Å². The molecule has 4 nitrogen and oxygen atoms in total. The number of aliphatic hydroxyl groups excluding tert-OH is 1. The van der Waals surface area contributed by atoms with Crippen LogP contribution in [0.15, 0.2) is 109 Å². The predicted molar refractivity (Wildman–Crippen MR) is 145 cm³/mol. The van der Waals surface area contributed by atoms with E-state index in [0.717, 1.165) is 41.0 Å². The summed E-state index contributed by atoms with van der Waals surface area (Å²) >= 11 is 0. The lowest BCUT2D eigenvalue weighted by Gasteiger charge is -2.18. The highest BCUT2D eigenvalue weighted by molar-refractivity contribution is 5.31. The lowest BCUT2D eigenvalue weighted by molar-refractivity contribution is 0.169. The molecule has 4 aromatic carbocycles. The van der Waals surface area contributed by atoms with E-state index in [1.54, 1.807) is 0 Å².